The van der Waals surface area contributed by atoms with Crippen LogP contribution in [0.5, 0.6) is 0 Å². The molecule has 0 radical (unpaired) electrons. The van der Waals surface area contributed by atoms with Crippen LogP contribution in [0.25, 0.3) is 0 Å². The molecule has 1 heterocycles. The summed E-state index contributed by atoms with van der Waals surface area (Å²) in [5.74, 6) is 0. The molecule has 0 aliphatic heterocycles. The molecule has 0 atom stereocenters. The van der Waals surface area contributed by atoms with E-state index in [4.69, 9.17) is 0 Å². The summed E-state index contributed by atoms with van der Waals surface area (Å²) in [4.78, 5) is 1.90. The Balaban J connectivity index is 3.29. The Bertz CT molecular complexity index is 209. The maximum atomic E-state index is 10.8. The molecule has 0 amide bonds. The molecule has 1 aromatic rings. The highest BCUT2D eigenvalue weighted by atomic mass is 79.9. The number of hydrogen-bond acceptors (Lipinski definition) is 2. The lowest BCUT2D eigenvalue weighted by molar-refractivity contribution is -0.706. The number of halogens is 1. The van der Waals surface area contributed by atoms with Crippen LogP contribution in [0.4, 0.5) is 0 Å². The molecule has 1 rings (SSSR count). The van der Waals surface area contributed by atoms with E-state index in [1.165, 1.54) is 4.80 Å². The predicted octanol–water partition coefficient (Wildman–Crippen LogP) is 0.124. The Hall–Kier alpha value is -0.580. The van der Waals surface area contributed by atoms with Crippen molar-refractivity contribution < 1.29 is 4.85 Å². The second-order valence-electron chi connectivity index (χ2n) is 1.74. The molecule has 0 bridgehead atoms. The lowest BCUT2D eigenvalue weighted by atomic mass is 10.6. The van der Waals surface area contributed by atoms with Gasteiger partial charge in [-0.3, -0.25) is 0 Å². The highest BCUT2D eigenvalue weighted by Gasteiger charge is 2.11. The minimum Gasteiger partial charge on any atom is -0.692 e. The molecule has 0 saturated carbocycles. The Morgan fingerprint density at radius 2 is 2.33 bits per heavy atom. The summed E-state index contributed by atoms with van der Waals surface area (Å²) in [6.07, 6.45) is 0. The normalized spacial score (nSPS) is 10.1. The largest absolute Gasteiger partial charge is 0.692 e. The van der Waals surface area contributed by atoms with Crippen LogP contribution in [0.3, 0.4) is 0 Å². The van der Waals surface area contributed by atoms with Crippen LogP contribution in [0.15, 0.2) is 4.60 Å². The summed E-state index contributed by atoms with van der Waals surface area (Å²) in [5.41, 5.74) is 0.701. The third-order valence-electron chi connectivity index (χ3n) is 1.02. The van der Waals surface area contributed by atoms with E-state index in [0.29, 0.717) is 15.1 Å². The Morgan fingerprint density at radius 3 is 2.44 bits per heavy atom. The number of rotatable bonds is 0. The molecule has 0 unspecified atom stereocenters. The van der Waals surface area contributed by atoms with Crippen LogP contribution in [0.2, 0.25) is 0 Å². The third-order valence-corrected chi connectivity index (χ3v) is 1.90. The maximum absolute atomic E-state index is 10.8. The SMILES string of the molecule is Cc1nn(C)[n+]([O-])c1Br. The quantitative estimate of drug-likeness (QED) is 0.433. The van der Waals surface area contributed by atoms with Gasteiger partial charge < -0.3 is 5.21 Å². The van der Waals surface area contributed by atoms with Crippen LogP contribution >= 0.6 is 15.9 Å². The Morgan fingerprint density at radius 1 is 1.78 bits per heavy atom. The fourth-order valence-electron chi connectivity index (χ4n) is 0.564. The van der Waals surface area contributed by atoms with Crippen molar-refractivity contribution >= 4 is 15.9 Å². The van der Waals surface area contributed by atoms with Gasteiger partial charge in [-0.15, -0.1) is 4.85 Å². The second kappa shape index (κ2) is 1.98. The molecule has 50 valence electrons. The van der Waals surface area contributed by atoms with Gasteiger partial charge in [-0.05, 0) is 4.80 Å². The molecule has 0 N–H and O–H groups in total. The minimum atomic E-state index is 0.477. The van der Waals surface area contributed by atoms with Crippen molar-refractivity contribution in [1.82, 2.24) is 9.90 Å². The van der Waals surface area contributed by atoms with E-state index in [0.717, 1.165) is 0 Å². The van der Waals surface area contributed by atoms with Crippen LogP contribution in [-0.4, -0.2) is 9.90 Å². The summed E-state index contributed by atoms with van der Waals surface area (Å²) in [7, 11) is 1.59. The maximum Gasteiger partial charge on any atom is 0.242 e. The fourth-order valence-corrected chi connectivity index (χ4v) is 0.873. The van der Waals surface area contributed by atoms with Gasteiger partial charge in [0.15, 0.2) is 0 Å². The van der Waals surface area contributed by atoms with Gasteiger partial charge in [0.2, 0.25) is 10.3 Å². The molecule has 4 nitrogen and oxygen atoms in total. The van der Waals surface area contributed by atoms with Crippen LogP contribution in [-0.2, 0) is 7.05 Å². The van der Waals surface area contributed by atoms with Crippen LogP contribution in [0, 0.1) is 12.1 Å². The molecule has 5 heteroatoms. The smallest absolute Gasteiger partial charge is 0.242 e. The molecule has 0 spiro atoms. The summed E-state index contributed by atoms with van der Waals surface area (Å²) >= 11 is 3.07. The van der Waals surface area contributed by atoms with Crippen molar-refractivity contribution in [3.05, 3.63) is 15.5 Å². The molecular weight excluding hydrogens is 186 g/mol. The molecular formula is C4H6BrN3O. The summed E-state index contributed by atoms with van der Waals surface area (Å²) in [6, 6.07) is 0. The first-order valence-electron chi connectivity index (χ1n) is 2.42. The molecule has 0 saturated heterocycles. The van der Waals surface area contributed by atoms with Crippen LogP contribution in [0.1, 0.15) is 5.69 Å². The molecule has 0 fully saturated rings. The summed E-state index contributed by atoms with van der Waals surface area (Å²) in [5, 5.41) is 14.6. The monoisotopic (exact) mass is 191 g/mol. The average molecular weight is 192 g/mol. The van der Waals surface area contributed by atoms with Crippen molar-refractivity contribution in [3.63, 3.8) is 0 Å². The lowest BCUT2D eigenvalue weighted by Gasteiger charge is -1.96. The van der Waals surface area contributed by atoms with Gasteiger partial charge in [-0.25, -0.2) is 0 Å². The first kappa shape index (κ1) is 6.54. The first-order chi connectivity index (χ1) is 4.13. The fraction of sp³-hybridized carbons (Fsp3) is 0.500. The van der Waals surface area contributed by atoms with Crippen LogP contribution < -0.4 is 4.85 Å². The zero-order valence-electron chi connectivity index (χ0n) is 5.13. The van der Waals surface area contributed by atoms with Gasteiger partial charge >= 0.3 is 0 Å². The van der Waals surface area contributed by atoms with E-state index in [9.17, 15) is 5.21 Å². The topological polar surface area (TPSA) is 44.8 Å². The standard InChI is InChI=1S/C4H6BrN3O/c1-3-4(5)8(9)7(2)6-3/h1-2H3. The van der Waals surface area contributed by atoms with E-state index in [1.807, 2.05) is 0 Å². The van der Waals surface area contributed by atoms with E-state index >= 15 is 0 Å². The van der Waals surface area contributed by atoms with Gasteiger partial charge in [0, 0.05) is 28.0 Å². The lowest BCUT2D eigenvalue weighted by Crippen LogP contribution is -2.36. The number of hydrogen-bond donors (Lipinski definition) is 0. The van der Waals surface area contributed by atoms with Crippen molar-refractivity contribution in [1.29, 1.82) is 0 Å². The van der Waals surface area contributed by atoms with E-state index < -0.39 is 0 Å². The molecule has 0 aromatic carbocycles. The van der Waals surface area contributed by atoms with Gasteiger partial charge in [-0.2, -0.15) is 0 Å². The highest BCUT2D eigenvalue weighted by molar-refractivity contribution is 9.10. The number of nitrogens with zero attached hydrogens (tertiary/aromatic N) is 3. The number of aryl methyl sites for hydroxylation is 2. The first-order valence-corrected chi connectivity index (χ1v) is 3.21. The van der Waals surface area contributed by atoms with E-state index in [1.54, 1.807) is 14.0 Å². The van der Waals surface area contributed by atoms with Crippen molar-refractivity contribution in [3.8, 4) is 0 Å². The third kappa shape index (κ3) is 0.917. The zero-order chi connectivity index (χ0) is 7.02. The van der Waals surface area contributed by atoms with Gasteiger partial charge in [0.25, 0.3) is 0 Å². The van der Waals surface area contributed by atoms with Gasteiger partial charge in [0.05, 0.1) is 7.05 Å². The summed E-state index contributed by atoms with van der Waals surface area (Å²) in [6.45, 7) is 1.76. The highest BCUT2D eigenvalue weighted by Crippen LogP contribution is 2.05. The van der Waals surface area contributed by atoms with Crippen molar-refractivity contribution in [2.24, 2.45) is 7.05 Å². The molecule has 9 heavy (non-hydrogen) atoms. The van der Waals surface area contributed by atoms with Gasteiger partial charge in [-0.1, -0.05) is 0 Å². The second-order valence-corrected chi connectivity index (χ2v) is 2.49. The number of aromatic nitrogens is 3. The molecule has 0 aliphatic carbocycles. The zero-order valence-corrected chi connectivity index (χ0v) is 6.71. The van der Waals surface area contributed by atoms with E-state index in [2.05, 4.69) is 21.0 Å². The molecule has 1 aromatic heterocycles. The van der Waals surface area contributed by atoms with Crippen molar-refractivity contribution in [2.75, 3.05) is 0 Å². The Labute approximate surface area is 60.8 Å². The van der Waals surface area contributed by atoms with E-state index in [-0.39, 0.29) is 0 Å². The minimum absolute atomic E-state index is 0.477. The summed E-state index contributed by atoms with van der Waals surface area (Å²) < 4.78 is 0.477. The average Bonchev–Trinajstić information content (AvgIpc) is 1.98. The molecule has 0 aliphatic rings. The van der Waals surface area contributed by atoms with Gasteiger partial charge in [0.1, 0.15) is 0 Å². The Kier molecular flexibility index (Phi) is 1.44. The predicted molar refractivity (Wildman–Crippen MR) is 34.6 cm³/mol. The van der Waals surface area contributed by atoms with Crippen molar-refractivity contribution in [2.45, 2.75) is 6.92 Å².